The second-order valence-electron chi connectivity index (χ2n) is 6.75. The molecule has 4 rings (SSSR count). The molecule has 1 aliphatic rings. The first-order valence-electron chi connectivity index (χ1n) is 8.70. The number of halogens is 3. The number of fused-ring (bicyclic) bond motifs is 1. The number of amides is 1. The summed E-state index contributed by atoms with van der Waals surface area (Å²) >= 11 is 0.989. The molecule has 1 aliphatic carbocycles. The Hall–Kier alpha value is -2.62. The van der Waals surface area contributed by atoms with E-state index in [0.717, 1.165) is 28.2 Å². The van der Waals surface area contributed by atoms with Gasteiger partial charge >= 0.3 is 6.18 Å². The summed E-state index contributed by atoms with van der Waals surface area (Å²) < 4.78 is 41.2. The van der Waals surface area contributed by atoms with Crippen molar-refractivity contribution in [3.63, 3.8) is 0 Å². The first kappa shape index (κ1) is 18.7. The monoisotopic (exact) mass is 410 g/mol. The number of hydrogen-bond donors (Lipinski definition) is 2. The van der Waals surface area contributed by atoms with Crippen LogP contribution in [0.25, 0.3) is 11.0 Å². The van der Waals surface area contributed by atoms with Crippen LogP contribution in [0.4, 0.5) is 13.2 Å². The Morgan fingerprint density at radius 1 is 1.43 bits per heavy atom. The van der Waals surface area contributed by atoms with Crippen LogP contribution in [0.15, 0.2) is 30.5 Å². The molecule has 2 N–H and O–H groups in total. The Kier molecular flexibility index (Phi) is 4.74. The van der Waals surface area contributed by atoms with Gasteiger partial charge in [-0.3, -0.25) is 4.79 Å². The van der Waals surface area contributed by atoms with Gasteiger partial charge in [0.15, 0.2) is 6.61 Å². The molecule has 0 unspecified atom stereocenters. The molecule has 10 heteroatoms. The first-order chi connectivity index (χ1) is 13.3. The van der Waals surface area contributed by atoms with Gasteiger partial charge in [0, 0.05) is 18.0 Å². The van der Waals surface area contributed by atoms with Gasteiger partial charge in [0.2, 0.25) is 5.91 Å². The van der Waals surface area contributed by atoms with E-state index in [1.165, 1.54) is 6.20 Å². The molecule has 6 nitrogen and oxygen atoms in total. The Morgan fingerprint density at radius 3 is 2.96 bits per heavy atom. The molecule has 0 radical (unpaired) electrons. The van der Waals surface area contributed by atoms with Crippen LogP contribution in [0.2, 0.25) is 0 Å². The number of carbonyl (C=O) groups is 1. The fraction of sp³-hybridized carbons (Fsp3) is 0.389. The number of aromatic nitrogens is 3. The van der Waals surface area contributed by atoms with Crippen LogP contribution in [0, 0.1) is 5.92 Å². The number of para-hydroxylation sites is 2. The van der Waals surface area contributed by atoms with Gasteiger partial charge in [0.25, 0.3) is 5.19 Å². The third-order valence-corrected chi connectivity index (χ3v) is 5.63. The maximum Gasteiger partial charge on any atom is 0.422 e. The zero-order valence-electron chi connectivity index (χ0n) is 14.8. The highest BCUT2D eigenvalue weighted by Gasteiger charge is 2.46. The fourth-order valence-corrected chi connectivity index (χ4v) is 3.77. The molecule has 3 aromatic rings. The lowest BCUT2D eigenvalue weighted by atomic mass is 10.2. The molecule has 0 aliphatic heterocycles. The molecular weight excluding hydrogens is 393 g/mol. The third-order valence-electron chi connectivity index (χ3n) is 4.53. The summed E-state index contributed by atoms with van der Waals surface area (Å²) in [6.45, 7) is 0.374. The lowest BCUT2D eigenvalue weighted by molar-refractivity contribution is -0.153. The second kappa shape index (κ2) is 7.08. The normalized spacial score (nSPS) is 20.1. The second-order valence-corrected chi connectivity index (χ2v) is 7.78. The van der Waals surface area contributed by atoms with Gasteiger partial charge in [-0.05, 0) is 25.5 Å². The lowest BCUT2D eigenvalue weighted by Gasteiger charge is -2.11. The molecular formula is C18H17F3N4O2S. The van der Waals surface area contributed by atoms with Crippen molar-refractivity contribution in [2.45, 2.75) is 31.5 Å². The molecule has 0 bridgehead atoms. The lowest BCUT2D eigenvalue weighted by Crippen LogP contribution is -2.28. The van der Waals surface area contributed by atoms with Gasteiger partial charge in [-0.1, -0.05) is 23.5 Å². The van der Waals surface area contributed by atoms with Gasteiger partial charge in [0.05, 0.1) is 22.0 Å². The summed E-state index contributed by atoms with van der Waals surface area (Å²) in [6, 6.07) is 7.31. The minimum Gasteiger partial charge on any atom is -0.460 e. The highest BCUT2D eigenvalue weighted by Crippen LogP contribution is 2.47. The van der Waals surface area contributed by atoms with Crippen molar-refractivity contribution in [1.29, 1.82) is 0 Å². The smallest absolute Gasteiger partial charge is 0.422 e. The number of benzene rings is 1. The van der Waals surface area contributed by atoms with E-state index in [9.17, 15) is 18.0 Å². The maximum absolute atomic E-state index is 12.5. The Balaban J connectivity index is 1.33. The van der Waals surface area contributed by atoms with E-state index in [0.29, 0.717) is 11.3 Å². The predicted octanol–water partition coefficient (Wildman–Crippen LogP) is 3.94. The number of H-pyrrole nitrogens is 1. The molecule has 2 heterocycles. The topological polar surface area (TPSA) is 79.9 Å². The van der Waals surface area contributed by atoms with Gasteiger partial charge in [0.1, 0.15) is 5.82 Å². The van der Waals surface area contributed by atoms with Crippen molar-refractivity contribution in [3.8, 4) is 5.19 Å². The van der Waals surface area contributed by atoms with Crippen LogP contribution >= 0.6 is 11.3 Å². The molecule has 1 amide bonds. The SMILES string of the molecule is C[C@H](NC(=O)[C@H]1C[C@@H]1c1nc2ccccc2[nH]1)c1cnc(OCC(F)(F)F)s1. The molecule has 3 atom stereocenters. The quantitative estimate of drug-likeness (QED) is 0.645. The predicted molar refractivity (Wildman–Crippen MR) is 97.2 cm³/mol. The standard InChI is InChI=1S/C18H17F3N4O2S/c1-9(14-7-22-17(28-14)27-8-18(19,20)21)23-16(26)11-6-10(11)15-24-12-4-2-3-5-13(12)25-15/h2-5,7,9-11H,6,8H2,1H3,(H,23,26)(H,24,25)/t9-,10-,11-/m0/s1. The van der Waals surface area contributed by atoms with E-state index in [1.54, 1.807) is 6.92 Å². The minimum atomic E-state index is -4.41. The van der Waals surface area contributed by atoms with Crippen molar-refractivity contribution >= 4 is 28.3 Å². The molecule has 148 valence electrons. The molecule has 28 heavy (non-hydrogen) atoms. The largest absolute Gasteiger partial charge is 0.460 e. The number of nitrogens with zero attached hydrogens (tertiary/aromatic N) is 2. The molecule has 2 aromatic heterocycles. The first-order valence-corrected chi connectivity index (χ1v) is 9.52. The number of imidazole rings is 1. The number of nitrogens with one attached hydrogen (secondary N) is 2. The van der Waals surface area contributed by atoms with E-state index >= 15 is 0 Å². The average Bonchev–Trinajstić information content (AvgIpc) is 3.11. The Bertz CT molecular complexity index is 967. The van der Waals surface area contributed by atoms with Crippen molar-refractivity contribution < 1.29 is 22.7 Å². The number of rotatable bonds is 6. The zero-order valence-corrected chi connectivity index (χ0v) is 15.6. The third kappa shape index (κ3) is 4.11. The Morgan fingerprint density at radius 2 is 2.21 bits per heavy atom. The highest BCUT2D eigenvalue weighted by atomic mass is 32.1. The van der Waals surface area contributed by atoms with Crippen LogP contribution in [0.3, 0.4) is 0 Å². The van der Waals surface area contributed by atoms with E-state index in [4.69, 9.17) is 0 Å². The van der Waals surface area contributed by atoms with Crippen LogP contribution < -0.4 is 10.1 Å². The maximum atomic E-state index is 12.5. The van der Waals surface area contributed by atoms with Gasteiger partial charge in [-0.15, -0.1) is 0 Å². The van der Waals surface area contributed by atoms with Crippen LogP contribution in [-0.2, 0) is 4.79 Å². The van der Waals surface area contributed by atoms with Crippen molar-refractivity contribution in [2.24, 2.45) is 5.92 Å². The summed E-state index contributed by atoms with van der Waals surface area (Å²) in [5, 5.41) is 2.82. The summed E-state index contributed by atoms with van der Waals surface area (Å²) in [5.74, 6) is 0.572. The number of hydrogen-bond acceptors (Lipinski definition) is 5. The minimum absolute atomic E-state index is 0.0479. The number of alkyl halides is 3. The summed E-state index contributed by atoms with van der Waals surface area (Å²) in [6.07, 6.45) is -2.28. The van der Waals surface area contributed by atoms with E-state index in [1.807, 2.05) is 24.3 Å². The highest BCUT2D eigenvalue weighted by molar-refractivity contribution is 7.13. The summed E-state index contributed by atoms with van der Waals surface area (Å²) in [5.41, 5.74) is 1.81. The van der Waals surface area contributed by atoms with E-state index in [2.05, 4.69) is 25.0 Å². The van der Waals surface area contributed by atoms with Crippen LogP contribution in [-0.4, -0.2) is 33.6 Å². The summed E-state index contributed by atoms with van der Waals surface area (Å²) in [4.78, 5) is 24.7. The number of ether oxygens (including phenoxy) is 1. The Labute approximate surface area is 162 Å². The number of aromatic amines is 1. The number of thiazole rings is 1. The average molecular weight is 410 g/mol. The van der Waals surface area contributed by atoms with Gasteiger partial charge in [-0.25, -0.2) is 9.97 Å². The fourth-order valence-electron chi connectivity index (χ4n) is 3.01. The van der Waals surface area contributed by atoms with Gasteiger partial charge < -0.3 is 15.0 Å². The summed E-state index contributed by atoms with van der Waals surface area (Å²) in [7, 11) is 0. The zero-order chi connectivity index (χ0) is 19.9. The molecule has 0 spiro atoms. The number of carbonyl (C=O) groups excluding carboxylic acids is 1. The van der Waals surface area contributed by atoms with Crippen LogP contribution in [0.1, 0.15) is 36.0 Å². The molecule has 1 fully saturated rings. The van der Waals surface area contributed by atoms with Crippen molar-refractivity contribution in [3.05, 3.63) is 41.2 Å². The molecule has 1 saturated carbocycles. The van der Waals surface area contributed by atoms with Crippen molar-refractivity contribution in [1.82, 2.24) is 20.3 Å². The van der Waals surface area contributed by atoms with Gasteiger partial charge in [-0.2, -0.15) is 13.2 Å². The van der Waals surface area contributed by atoms with Crippen LogP contribution in [0.5, 0.6) is 5.19 Å². The molecule has 1 aromatic carbocycles. The van der Waals surface area contributed by atoms with Crippen molar-refractivity contribution in [2.75, 3.05) is 6.61 Å². The van der Waals surface area contributed by atoms with E-state index < -0.39 is 12.8 Å². The van der Waals surface area contributed by atoms with E-state index in [-0.39, 0.29) is 29.0 Å². The molecule has 0 saturated heterocycles.